The van der Waals surface area contributed by atoms with Gasteiger partial charge < -0.3 is 13.9 Å². The Hall–Kier alpha value is -2.56. The second-order valence-corrected chi connectivity index (χ2v) is 4.74. The normalized spacial score (nSPS) is 14.0. The molecule has 0 bridgehead atoms. The van der Waals surface area contributed by atoms with Gasteiger partial charge >= 0.3 is 11.9 Å². The highest BCUT2D eigenvalue weighted by Gasteiger charge is 2.33. The summed E-state index contributed by atoms with van der Waals surface area (Å²) in [7, 11) is 2.57. The molecule has 3 rings (SSSR count). The Morgan fingerprint density at radius 2 is 1.76 bits per heavy atom. The van der Waals surface area contributed by atoms with Gasteiger partial charge in [0.2, 0.25) is 0 Å². The maximum atomic E-state index is 12.1. The molecule has 0 fully saturated rings. The van der Waals surface area contributed by atoms with E-state index in [0.29, 0.717) is 29.8 Å². The number of furan rings is 1. The maximum absolute atomic E-state index is 12.1. The summed E-state index contributed by atoms with van der Waals surface area (Å²) in [4.78, 5) is 24.0. The number of para-hydroxylation sites is 1. The van der Waals surface area contributed by atoms with Crippen LogP contribution in [-0.2, 0) is 25.5 Å². The van der Waals surface area contributed by atoms with Crippen LogP contribution in [0.3, 0.4) is 0 Å². The third-order valence-corrected chi connectivity index (χ3v) is 3.67. The lowest BCUT2D eigenvalue weighted by molar-refractivity contribution is -0.138. The number of fused-ring (bicyclic) bond motifs is 3. The van der Waals surface area contributed by atoms with E-state index in [1.165, 1.54) is 14.2 Å². The molecule has 21 heavy (non-hydrogen) atoms. The molecule has 0 radical (unpaired) electrons. The van der Waals surface area contributed by atoms with E-state index in [-0.39, 0.29) is 5.57 Å². The number of carbonyl (C=O) groups is 2. The predicted molar refractivity (Wildman–Crippen MR) is 75.5 cm³/mol. The standard InChI is InChI=1S/C16H14O5/c1-19-15(17)11-8-7-10-9-5-3-4-6-12(9)21-14(10)13(11)16(18)20-2/h3-6H,7-8H2,1-2H3. The number of hydrogen-bond donors (Lipinski definition) is 0. The maximum Gasteiger partial charge on any atom is 0.342 e. The number of rotatable bonds is 2. The fourth-order valence-electron chi connectivity index (χ4n) is 2.71. The van der Waals surface area contributed by atoms with Crippen molar-refractivity contribution >= 4 is 28.5 Å². The van der Waals surface area contributed by atoms with Gasteiger partial charge in [0.15, 0.2) is 0 Å². The Balaban J connectivity index is 2.28. The van der Waals surface area contributed by atoms with Crippen LogP contribution in [-0.4, -0.2) is 26.2 Å². The number of hydrogen-bond acceptors (Lipinski definition) is 5. The molecule has 0 saturated carbocycles. The van der Waals surface area contributed by atoms with Crippen molar-refractivity contribution in [3.63, 3.8) is 0 Å². The van der Waals surface area contributed by atoms with Crippen LogP contribution in [0.15, 0.2) is 34.3 Å². The number of esters is 2. The minimum absolute atomic E-state index is 0.168. The number of ether oxygens (including phenoxy) is 2. The lowest BCUT2D eigenvalue weighted by Gasteiger charge is -2.16. The lowest BCUT2D eigenvalue weighted by Crippen LogP contribution is -2.18. The number of carbonyl (C=O) groups excluding carboxylic acids is 2. The first kappa shape index (κ1) is 13.4. The molecule has 5 heteroatoms. The van der Waals surface area contributed by atoms with Gasteiger partial charge in [-0.05, 0) is 18.9 Å². The minimum atomic E-state index is -0.588. The van der Waals surface area contributed by atoms with Gasteiger partial charge in [-0.3, -0.25) is 0 Å². The molecule has 5 nitrogen and oxygen atoms in total. The van der Waals surface area contributed by atoms with Crippen molar-refractivity contribution in [1.29, 1.82) is 0 Å². The predicted octanol–water partition coefficient (Wildman–Crippen LogP) is 2.48. The smallest absolute Gasteiger partial charge is 0.342 e. The van der Waals surface area contributed by atoms with Gasteiger partial charge in [-0.15, -0.1) is 0 Å². The number of benzene rings is 1. The molecule has 0 N–H and O–H groups in total. The molecule has 2 aromatic rings. The largest absolute Gasteiger partial charge is 0.466 e. The second-order valence-electron chi connectivity index (χ2n) is 4.74. The Kier molecular flexibility index (Phi) is 3.25. The highest BCUT2D eigenvalue weighted by molar-refractivity contribution is 6.23. The zero-order valence-electron chi connectivity index (χ0n) is 11.8. The third-order valence-electron chi connectivity index (χ3n) is 3.67. The van der Waals surface area contributed by atoms with Crippen LogP contribution >= 0.6 is 0 Å². The Labute approximate surface area is 121 Å². The molecule has 0 atom stereocenters. The highest BCUT2D eigenvalue weighted by atomic mass is 16.5. The fourth-order valence-corrected chi connectivity index (χ4v) is 2.71. The SMILES string of the molecule is COC(=O)C1=C(C(=O)OC)c2oc3ccccc3c2CC1. The van der Waals surface area contributed by atoms with Gasteiger partial charge in [0.1, 0.15) is 16.9 Å². The van der Waals surface area contributed by atoms with Gasteiger partial charge in [0.25, 0.3) is 0 Å². The fraction of sp³-hybridized carbons (Fsp3) is 0.250. The van der Waals surface area contributed by atoms with Crippen LogP contribution in [0.25, 0.3) is 16.5 Å². The topological polar surface area (TPSA) is 65.7 Å². The summed E-state index contributed by atoms with van der Waals surface area (Å²) in [6, 6.07) is 7.55. The van der Waals surface area contributed by atoms with E-state index in [1.807, 2.05) is 24.3 Å². The summed E-state index contributed by atoms with van der Waals surface area (Å²) in [5, 5.41) is 0.956. The van der Waals surface area contributed by atoms with Gasteiger partial charge in [0.05, 0.1) is 19.8 Å². The third kappa shape index (κ3) is 2.01. The number of methoxy groups -OCH3 is 2. The van der Waals surface area contributed by atoms with Crippen LogP contribution in [0.4, 0.5) is 0 Å². The van der Waals surface area contributed by atoms with Crippen molar-refractivity contribution in [2.75, 3.05) is 14.2 Å². The average molecular weight is 286 g/mol. The van der Waals surface area contributed by atoms with Crippen LogP contribution in [0.2, 0.25) is 0 Å². The summed E-state index contributed by atoms with van der Waals surface area (Å²) in [5.74, 6) is -0.702. The molecule has 1 aromatic heterocycles. The van der Waals surface area contributed by atoms with Crippen LogP contribution in [0.1, 0.15) is 17.7 Å². The zero-order chi connectivity index (χ0) is 15.0. The summed E-state index contributed by atoms with van der Waals surface area (Å²) in [5.41, 5.74) is 2.09. The van der Waals surface area contributed by atoms with Crippen molar-refractivity contribution in [3.05, 3.63) is 41.2 Å². The van der Waals surface area contributed by atoms with Gasteiger partial charge in [-0.2, -0.15) is 0 Å². The minimum Gasteiger partial charge on any atom is -0.466 e. The first-order valence-electron chi connectivity index (χ1n) is 6.58. The molecule has 0 aliphatic heterocycles. The van der Waals surface area contributed by atoms with Crippen molar-refractivity contribution < 1.29 is 23.5 Å². The molecule has 108 valence electrons. The molecule has 0 amide bonds. The molecule has 0 unspecified atom stereocenters. The molecule has 1 aliphatic rings. The van der Waals surface area contributed by atoms with E-state index in [2.05, 4.69) is 0 Å². The summed E-state index contributed by atoms with van der Waals surface area (Å²) in [6.07, 6.45) is 1.05. The lowest BCUT2D eigenvalue weighted by atomic mass is 9.89. The number of aryl methyl sites for hydroxylation is 1. The Bertz CT molecular complexity index is 766. The zero-order valence-corrected chi connectivity index (χ0v) is 11.8. The second kappa shape index (κ2) is 5.09. The van der Waals surface area contributed by atoms with E-state index in [9.17, 15) is 9.59 Å². The highest BCUT2D eigenvalue weighted by Crippen LogP contribution is 2.38. The molecular formula is C16H14O5. The van der Waals surface area contributed by atoms with Crippen LogP contribution in [0, 0.1) is 0 Å². The molecule has 1 aliphatic carbocycles. The van der Waals surface area contributed by atoms with Crippen molar-refractivity contribution in [2.45, 2.75) is 12.8 Å². The molecule has 0 spiro atoms. The first-order valence-corrected chi connectivity index (χ1v) is 6.58. The summed E-state index contributed by atoms with van der Waals surface area (Å²) in [6.45, 7) is 0. The van der Waals surface area contributed by atoms with Crippen LogP contribution < -0.4 is 0 Å². The van der Waals surface area contributed by atoms with Crippen molar-refractivity contribution in [1.82, 2.24) is 0 Å². The van der Waals surface area contributed by atoms with E-state index in [1.54, 1.807) is 0 Å². The molecule has 0 saturated heterocycles. The van der Waals surface area contributed by atoms with Gasteiger partial charge in [-0.1, -0.05) is 18.2 Å². The molecule has 1 heterocycles. The summed E-state index contributed by atoms with van der Waals surface area (Å²) < 4.78 is 15.3. The van der Waals surface area contributed by atoms with Gasteiger partial charge in [0, 0.05) is 10.9 Å². The summed E-state index contributed by atoms with van der Waals surface area (Å²) >= 11 is 0. The monoisotopic (exact) mass is 286 g/mol. The van der Waals surface area contributed by atoms with Gasteiger partial charge in [-0.25, -0.2) is 9.59 Å². The Morgan fingerprint density at radius 1 is 1.05 bits per heavy atom. The first-order chi connectivity index (χ1) is 10.2. The quantitative estimate of drug-likeness (QED) is 0.793. The molecular weight excluding hydrogens is 272 g/mol. The molecule has 1 aromatic carbocycles. The van der Waals surface area contributed by atoms with E-state index < -0.39 is 11.9 Å². The van der Waals surface area contributed by atoms with E-state index in [0.717, 1.165) is 10.9 Å². The van der Waals surface area contributed by atoms with E-state index in [4.69, 9.17) is 13.9 Å². The van der Waals surface area contributed by atoms with Crippen LogP contribution in [0.5, 0.6) is 0 Å². The Morgan fingerprint density at radius 3 is 2.48 bits per heavy atom. The average Bonchev–Trinajstić information content (AvgIpc) is 2.91. The van der Waals surface area contributed by atoms with E-state index >= 15 is 0 Å². The van der Waals surface area contributed by atoms with Crippen molar-refractivity contribution in [2.24, 2.45) is 0 Å². The van der Waals surface area contributed by atoms with Crippen molar-refractivity contribution in [3.8, 4) is 0 Å².